The maximum atomic E-state index is 11.7. The van der Waals surface area contributed by atoms with Gasteiger partial charge in [0.05, 0.1) is 7.11 Å². The van der Waals surface area contributed by atoms with E-state index in [0.29, 0.717) is 12.8 Å². The molecule has 0 radical (unpaired) electrons. The number of urea groups is 1. The summed E-state index contributed by atoms with van der Waals surface area (Å²) in [6.07, 6.45) is 1.60. The molecule has 1 fully saturated rings. The van der Waals surface area contributed by atoms with Gasteiger partial charge in [-0.05, 0) is 19.3 Å². The summed E-state index contributed by atoms with van der Waals surface area (Å²) in [5.74, 6) is -1.59. The average molecular weight is 244 g/mol. The van der Waals surface area contributed by atoms with Crippen LogP contribution in [0.25, 0.3) is 0 Å². The monoisotopic (exact) mass is 244 g/mol. The van der Waals surface area contributed by atoms with E-state index in [9.17, 15) is 14.4 Å². The summed E-state index contributed by atoms with van der Waals surface area (Å²) in [5.41, 5.74) is -1.17. The van der Waals surface area contributed by atoms with Crippen LogP contribution in [0.2, 0.25) is 0 Å². The van der Waals surface area contributed by atoms with Crippen LogP contribution < -0.4 is 5.32 Å². The fraction of sp³-hybridized carbons (Fsp3) is 0.700. The van der Waals surface area contributed by atoms with Crippen LogP contribution in [0.4, 0.5) is 4.79 Å². The summed E-state index contributed by atoms with van der Waals surface area (Å²) in [5, 5.41) is 11.5. The molecule has 1 saturated carbocycles. The van der Waals surface area contributed by atoms with Crippen molar-refractivity contribution < 1.29 is 24.2 Å². The van der Waals surface area contributed by atoms with Crippen molar-refractivity contribution in [3.63, 3.8) is 0 Å². The van der Waals surface area contributed by atoms with Crippen LogP contribution in [0.3, 0.4) is 0 Å². The van der Waals surface area contributed by atoms with Crippen molar-refractivity contribution in [3.8, 4) is 0 Å². The van der Waals surface area contributed by atoms with Crippen molar-refractivity contribution in [1.29, 1.82) is 0 Å². The Morgan fingerprint density at radius 2 is 2.00 bits per heavy atom. The van der Waals surface area contributed by atoms with E-state index < -0.39 is 23.5 Å². The third kappa shape index (κ3) is 2.86. The summed E-state index contributed by atoms with van der Waals surface area (Å²) >= 11 is 0. The van der Waals surface area contributed by atoms with Gasteiger partial charge in [-0.15, -0.1) is 0 Å². The molecule has 0 aromatic heterocycles. The van der Waals surface area contributed by atoms with E-state index in [1.165, 1.54) is 14.2 Å². The molecule has 1 rings (SSSR count). The normalized spacial score (nSPS) is 16.6. The predicted octanol–water partition coefficient (Wildman–Crippen LogP) is -0.192. The lowest BCUT2D eigenvalue weighted by Crippen LogP contribution is -2.61. The lowest BCUT2D eigenvalue weighted by Gasteiger charge is -2.39. The second kappa shape index (κ2) is 5.03. The second-order valence-corrected chi connectivity index (χ2v) is 4.10. The first-order valence-corrected chi connectivity index (χ1v) is 5.25. The molecule has 0 aromatic rings. The number of carboxylic acids is 1. The molecular formula is C10H16N2O5. The number of methoxy groups -OCH3 is 1. The van der Waals surface area contributed by atoms with Crippen LogP contribution in [-0.4, -0.2) is 54.2 Å². The summed E-state index contributed by atoms with van der Waals surface area (Å²) in [7, 11) is 2.62. The number of carbonyl (C=O) groups excluding carboxylic acids is 2. The molecule has 0 bridgehead atoms. The predicted molar refractivity (Wildman–Crippen MR) is 57.4 cm³/mol. The van der Waals surface area contributed by atoms with E-state index in [2.05, 4.69) is 10.1 Å². The highest BCUT2D eigenvalue weighted by Crippen LogP contribution is 2.32. The second-order valence-electron chi connectivity index (χ2n) is 4.10. The van der Waals surface area contributed by atoms with Gasteiger partial charge in [0, 0.05) is 7.05 Å². The Labute approximate surface area is 98.7 Å². The lowest BCUT2D eigenvalue weighted by atomic mass is 9.77. The van der Waals surface area contributed by atoms with Gasteiger partial charge in [-0.25, -0.2) is 9.59 Å². The van der Waals surface area contributed by atoms with E-state index >= 15 is 0 Å². The van der Waals surface area contributed by atoms with Gasteiger partial charge in [-0.2, -0.15) is 0 Å². The van der Waals surface area contributed by atoms with E-state index in [-0.39, 0.29) is 6.54 Å². The van der Waals surface area contributed by atoms with E-state index in [4.69, 9.17) is 5.11 Å². The number of ether oxygens (including phenoxy) is 1. The molecule has 0 spiro atoms. The first-order valence-electron chi connectivity index (χ1n) is 5.25. The number of aliphatic carboxylic acids is 1. The topological polar surface area (TPSA) is 95.9 Å². The minimum absolute atomic E-state index is 0.210. The van der Waals surface area contributed by atoms with Gasteiger partial charge in [-0.3, -0.25) is 4.79 Å². The highest BCUT2D eigenvalue weighted by Gasteiger charge is 2.46. The van der Waals surface area contributed by atoms with Gasteiger partial charge in [0.15, 0.2) is 0 Å². The van der Waals surface area contributed by atoms with Crippen molar-refractivity contribution in [3.05, 3.63) is 0 Å². The number of esters is 1. The number of rotatable bonds is 4. The van der Waals surface area contributed by atoms with Crippen molar-refractivity contribution in [2.45, 2.75) is 24.8 Å². The molecule has 17 heavy (non-hydrogen) atoms. The van der Waals surface area contributed by atoms with Crippen LogP contribution in [0.1, 0.15) is 19.3 Å². The van der Waals surface area contributed by atoms with Gasteiger partial charge in [0.1, 0.15) is 12.1 Å². The molecule has 1 aliphatic carbocycles. The Bertz CT molecular complexity index is 338. The quantitative estimate of drug-likeness (QED) is 0.668. The number of carboxylic acid groups (broad SMARTS) is 1. The Morgan fingerprint density at radius 3 is 2.35 bits per heavy atom. The summed E-state index contributed by atoms with van der Waals surface area (Å²) in [4.78, 5) is 34.7. The number of nitrogens with zero attached hydrogens (tertiary/aromatic N) is 1. The van der Waals surface area contributed by atoms with Gasteiger partial charge < -0.3 is 20.1 Å². The molecule has 1 aliphatic rings. The standard InChI is InChI=1S/C10H16N2O5/c1-12(6-7(13)17-2)9(16)11-10(8(14)15)4-3-5-10/h3-6H2,1-2H3,(H,11,16)(H,14,15). The van der Waals surface area contributed by atoms with Gasteiger partial charge in [-0.1, -0.05) is 0 Å². The highest BCUT2D eigenvalue weighted by atomic mass is 16.5. The number of hydrogen-bond acceptors (Lipinski definition) is 4. The molecule has 7 nitrogen and oxygen atoms in total. The summed E-state index contributed by atoms with van der Waals surface area (Å²) in [6.45, 7) is -0.210. The molecule has 0 heterocycles. The number of hydrogen-bond donors (Lipinski definition) is 2. The first-order chi connectivity index (χ1) is 7.91. The van der Waals surface area contributed by atoms with Crippen LogP contribution >= 0.6 is 0 Å². The third-order valence-electron chi connectivity index (χ3n) is 2.90. The number of nitrogens with one attached hydrogen (secondary N) is 1. The highest BCUT2D eigenvalue weighted by molar-refractivity contribution is 5.88. The fourth-order valence-electron chi connectivity index (χ4n) is 1.55. The van der Waals surface area contributed by atoms with Crippen LogP contribution in [0.5, 0.6) is 0 Å². The molecule has 0 unspecified atom stereocenters. The van der Waals surface area contributed by atoms with Gasteiger partial charge >= 0.3 is 18.0 Å². The van der Waals surface area contributed by atoms with Crippen molar-refractivity contribution in [1.82, 2.24) is 10.2 Å². The Kier molecular flexibility index (Phi) is 3.93. The molecule has 2 N–H and O–H groups in total. The molecule has 0 aromatic carbocycles. The fourth-order valence-corrected chi connectivity index (χ4v) is 1.55. The van der Waals surface area contributed by atoms with E-state index in [1.807, 2.05) is 0 Å². The molecule has 0 atom stereocenters. The Hall–Kier alpha value is -1.79. The first kappa shape index (κ1) is 13.3. The Morgan fingerprint density at radius 1 is 1.41 bits per heavy atom. The molecule has 0 aliphatic heterocycles. The lowest BCUT2D eigenvalue weighted by molar-refractivity contribution is -0.148. The minimum Gasteiger partial charge on any atom is -0.480 e. The van der Waals surface area contributed by atoms with Gasteiger partial charge in [0.25, 0.3) is 0 Å². The largest absolute Gasteiger partial charge is 0.480 e. The smallest absolute Gasteiger partial charge is 0.329 e. The number of carbonyl (C=O) groups is 3. The number of likely N-dealkylation sites (N-methyl/N-ethyl adjacent to an activating group) is 1. The molecule has 2 amide bonds. The third-order valence-corrected chi connectivity index (χ3v) is 2.90. The molecule has 0 saturated heterocycles. The number of amides is 2. The van der Waals surface area contributed by atoms with Gasteiger partial charge in [0.2, 0.25) is 0 Å². The summed E-state index contributed by atoms with van der Waals surface area (Å²) < 4.78 is 4.41. The maximum absolute atomic E-state index is 11.7. The van der Waals surface area contributed by atoms with Crippen molar-refractivity contribution in [2.24, 2.45) is 0 Å². The molecule has 96 valence electrons. The zero-order valence-corrected chi connectivity index (χ0v) is 9.86. The zero-order valence-electron chi connectivity index (χ0n) is 9.86. The summed E-state index contributed by atoms with van der Waals surface area (Å²) in [6, 6.07) is -0.586. The Balaban J connectivity index is 2.53. The average Bonchev–Trinajstić information content (AvgIpc) is 2.22. The van der Waals surface area contributed by atoms with E-state index in [0.717, 1.165) is 11.3 Å². The van der Waals surface area contributed by atoms with E-state index in [1.54, 1.807) is 0 Å². The zero-order chi connectivity index (χ0) is 13.1. The molecular weight excluding hydrogens is 228 g/mol. The minimum atomic E-state index is -1.17. The molecule has 7 heteroatoms. The van der Waals surface area contributed by atoms with Crippen molar-refractivity contribution in [2.75, 3.05) is 20.7 Å². The maximum Gasteiger partial charge on any atom is 0.329 e. The van der Waals surface area contributed by atoms with Crippen LogP contribution in [-0.2, 0) is 14.3 Å². The SMILES string of the molecule is COC(=O)CN(C)C(=O)NC1(C(=O)O)CCC1. The van der Waals surface area contributed by atoms with Crippen molar-refractivity contribution >= 4 is 18.0 Å². The van der Waals surface area contributed by atoms with Crippen LogP contribution in [0.15, 0.2) is 0 Å². The van der Waals surface area contributed by atoms with Crippen LogP contribution in [0, 0.1) is 0 Å².